The summed E-state index contributed by atoms with van der Waals surface area (Å²) in [5.41, 5.74) is 1.13. The Labute approximate surface area is 154 Å². The number of hydrogen-bond donors (Lipinski definition) is 1. The van der Waals surface area contributed by atoms with Crippen LogP contribution in [-0.4, -0.2) is 21.6 Å². The second-order valence-electron chi connectivity index (χ2n) is 6.06. The van der Waals surface area contributed by atoms with Gasteiger partial charge in [-0.15, -0.1) is 0 Å². The molecule has 1 aliphatic heterocycles. The molecule has 0 saturated heterocycles. The number of fused-ring (bicyclic) bond motifs is 1. The van der Waals surface area contributed by atoms with E-state index in [0.717, 1.165) is 23.3 Å². The van der Waals surface area contributed by atoms with Crippen molar-refractivity contribution in [3.05, 3.63) is 75.7 Å². The maximum atomic E-state index is 13.4. The maximum Gasteiger partial charge on any atom is 0.306 e. The van der Waals surface area contributed by atoms with E-state index in [2.05, 4.69) is 5.32 Å². The highest BCUT2D eigenvalue weighted by Crippen LogP contribution is 2.33. The van der Waals surface area contributed by atoms with Crippen molar-refractivity contribution in [1.82, 2.24) is 4.90 Å². The zero-order valence-electron chi connectivity index (χ0n) is 14.4. The third-order valence-electron chi connectivity index (χ3n) is 4.27. The van der Waals surface area contributed by atoms with E-state index in [1.165, 1.54) is 17.9 Å². The van der Waals surface area contributed by atoms with E-state index in [9.17, 15) is 24.1 Å². The number of carbonyl (C=O) groups excluding carboxylic acids is 2. The minimum absolute atomic E-state index is 0.0495. The molecule has 2 aromatic rings. The topological polar surface area (TPSA) is 92.6 Å². The highest BCUT2D eigenvalue weighted by Gasteiger charge is 2.28. The first-order valence-corrected chi connectivity index (χ1v) is 8.16. The summed E-state index contributed by atoms with van der Waals surface area (Å²) in [5.74, 6) is -1.64. The highest BCUT2D eigenvalue weighted by molar-refractivity contribution is 5.92. The van der Waals surface area contributed by atoms with Crippen LogP contribution in [0.15, 0.2) is 48.7 Å². The van der Waals surface area contributed by atoms with Crippen LogP contribution in [0.3, 0.4) is 0 Å². The third kappa shape index (κ3) is 3.84. The van der Waals surface area contributed by atoms with Gasteiger partial charge in [0, 0.05) is 24.9 Å². The predicted octanol–water partition coefficient (Wildman–Crippen LogP) is 3.64. The molecule has 7 nitrogen and oxygen atoms in total. The minimum atomic E-state index is -0.980. The SMILES string of the molecule is CC(=O)N1C=Cc2ccccc2C1CC(=O)Nc1ccc(F)c([N+](=O)[O-])c1. The lowest BCUT2D eigenvalue weighted by atomic mass is 9.93. The Hall–Kier alpha value is -3.55. The number of rotatable bonds is 4. The van der Waals surface area contributed by atoms with Gasteiger partial charge in [-0.1, -0.05) is 24.3 Å². The number of nitrogens with zero attached hydrogens (tertiary/aromatic N) is 2. The van der Waals surface area contributed by atoms with Crippen LogP contribution in [0.1, 0.15) is 30.5 Å². The number of nitro benzene ring substituents is 1. The Morgan fingerprint density at radius 2 is 2.00 bits per heavy atom. The Balaban J connectivity index is 1.82. The van der Waals surface area contributed by atoms with Gasteiger partial charge in [0.05, 0.1) is 17.4 Å². The largest absolute Gasteiger partial charge is 0.326 e. The summed E-state index contributed by atoms with van der Waals surface area (Å²) >= 11 is 0. The lowest BCUT2D eigenvalue weighted by Gasteiger charge is -2.32. The third-order valence-corrected chi connectivity index (χ3v) is 4.27. The van der Waals surface area contributed by atoms with Crippen LogP contribution in [0.4, 0.5) is 15.8 Å². The number of carbonyl (C=O) groups is 2. The summed E-state index contributed by atoms with van der Waals surface area (Å²) in [6.07, 6.45) is 3.38. The molecule has 2 amide bonds. The Kier molecular flexibility index (Phi) is 4.98. The number of nitro groups is 1. The summed E-state index contributed by atoms with van der Waals surface area (Å²) in [6.45, 7) is 1.41. The molecule has 1 aliphatic rings. The van der Waals surface area contributed by atoms with Gasteiger partial charge in [-0.2, -0.15) is 4.39 Å². The van der Waals surface area contributed by atoms with Gasteiger partial charge in [0.15, 0.2) is 0 Å². The summed E-state index contributed by atoms with van der Waals surface area (Å²) in [4.78, 5) is 35.9. The fourth-order valence-corrected chi connectivity index (χ4v) is 3.03. The molecule has 0 aliphatic carbocycles. The van der Waals surface area contributed by atoms with Crippen LogP contribution in [0.25, 0.3) is 6.08 Å². The van der Waals surface area contributed by atoms with Crippen molar-refractivity contribution >= 4 is 29.3 Å². The van der Waals surface area contributed by atoms with Crippen molar-refractivity contribution < 1.29 is 18.9 Å². The van der Waals surface area contributed by atoms with E-state index in [0.29, 0.717) is 0 Å². The second-order valence-corrected chi connectivity index (χ2v) is 6.06. The smallest absolute Gasteiger partial charge is 0.306 e. The van der Waals surface area contributed by atoms with Crippen molar-refractivity contribution in [3.63, 3.8) is 0 Å². The lowest BCUT2D eigenvalue weighted by molar-refractivity contribution is -0.387. The number of hydrogen-bond acceptors (Lipinski definition) is 4. The molecule has 1 unspecified atom stereocenters. The molecule has 3 rings (SSSR count). The van der Waals surface area contributed by atoms with E-state index in [-0.39, 0.29) is 18.0 Å². The average Bonchev–Trinajstić information content (AvgIpc) is 2.63. The van der Waals surface area contributed by atoms with Gasteiger partial charge >= 0.3 is 5.69 Å². The molecular weight excluding hydrogens is 353 g/mol. The Morgan fingerprint density at radius 3 is 2.70 bits per heavy atom. The molecule has 8 heteroatoms. The van der Waals surface area contributed by atoms with Crippen molar-refractivity contribution in [2.24, 2.45) is 0 Å². The normalized spacial score (nSPS) is 15.2. The summed E-state index contributed by atoms with van der Waals surface area (Å²) in [6, 6.07) is 10.1. The zero-order valence-corrected chi connectivity index (χ0v) is 14.4. The van der Waals surface area contributed by atoms with Crippen LogP contribution < -0.4 is 5.32 Å². The van der Waals surface area contributed by atoms with E-state index < -0.39 is 28.4 Å². The molecule has 0 fully saturated rings. The standard InChI is InChI=1S/C19H16FN3O4/c1-12(24)22-9-8-13-4-2-3-5-15(13)17(22)11-19(25)21-14-6-7-16(20)18(10-14)23(26)27/h2-10,17H,11H2,1H3,(H,21,25). The molecule has 0 aromatic heterocycles. The van der Waals surface area contributed by atoms with Gasteiger partial charge in [-0.3, -0.25) is 19.7 Å². The first kappa shape index (κ1) is 18.2. The highest BCUT2D eigenvalue weighted by atomic mass is 19.1. The molecule has 0 spiro atoms. The molecule has 2 aromatic carbocycles. The van der Waals surface area contributed by atoms with Crippen molar-refractivity contribution in [1.29, 1.82) is 0 Å². The number of benzene rings is 2. The quantitative estimate of drug-likeness (QED) is 0.658. The van der Waals surface area contributed by atoms with Crippen LogP contribution in [0.5, 0.6) is 0 Å². The van der Waals surface area contributed by atoms with E-state index in [1.54, 1.807) is 12.3 Å². The van der Waals surface area contributed by atoms with Crippen molar-refractivity contribution in [2.75, 3.05) is 5.32 Å². The fraction of sp³-hybridized carbons (Fsp3) is 0.158. The monoisotopic (exact) mass is 369 g/mol. The van der Waals surface area contributed by atoms with Crippen LogP contribution in [-0.2, 0) is 9.59 Å². The van der Waals surface area contributed by atoms with Gasteiger partial charge in [-0.05, 0) is 29.3 Å². The van der Waals surface area contributed by atoms with Crippen LogP contribution in [0, 0.1) is 15.9 Å². The average molecular weight is 369 g/mol. The first-order valence-electron chi connectivity index (χ1n) is 8.16. The second kappa shape index (κ2) is 7.36. The molecule has 0 saturated carbocycles. The molecule has 0 radical (unpaired) electrons. The molecule has 1 N–H and O–H groups in total. The van der Waals surface area contributed by atoms with Gasteiger partial charge in [-0.25, -0.2) is 0 Å². The fourth-order valence-electron chi connectivity index (χ4n) is 3.03. The lowest BCUT2D eigenvalue weighted by Crippen LogP contribution is -2.33. The van der Waals surface area contributed by atoms with E-state index in [4.69, 9.17) is 0 Å². The molecule has 1 atom stereocenters. The summed E-state index contributed by atoms with van der Waals surface area (Å²) < 4.78 is 13.4. The molecule has 0 bridgehead atoms. The number of halogens is 1. The van der Waals surface area contributed by atoms with Crippen LogP contribution >= 0.6 is 0 Å². The van der Waals surface area contributed by atoms with Gasteiger partial charge in [0.1, 0.15) is 0 Å². The first-order chi connectivity index (χ1) is 12.9. The van der Waals surface area contributed by atoms with Crippen molar-refractivity contribution in [3.8, 4) is 0 Å². The van der Waals surface area contributed by atoms with Crippen LogP contribution in [0.2, 0.25) is 0 Å². The summed E-state index contributed by atoms with van der Waals surface area (Å²) in [7, 11) is 0. The van der Waals surface area contributed by atoms with Gasteiger partial charge in [0.25, 0.3) is 0 Å². The number of amides is 2. The number of anilines is 1. The Morgan fingerprint density at radius 1 is 1.26 bits per heavy atom. The Bertz CT molecular complexity index is 958. The minimum Gasteiger partial charge on any atom is -0.326 e. The summed E-state index contributed by atoms with van der Waals surface area (Å²) in [5, 5.41) is 13.4. The number of nitrogens with one attached hydrogen (secondary N) is 1. The molecular formula is C19H16FN3O4. The van der Waals surface area contributed by atoms with E-state index in [1.807, 2.05) is 24.3 Å². The van der Waals surface area contributed by atoms with Gasteiger partial charge < -0.3 is 10.2 Å². The zero-order chi connectivity index (χ0) is 19.6. The molecule has 27 heavy (non-hydrogen) atoms. The van der Waals surface area contributed by atoms with Gasteiger partial charge in [0.2, 0.25) is 17.6 Å². The maximum absolute atomic E-state index is 13.4. The molecule has 138 valence electrons. The van der Waals surface area contributed by atoms with Crippen molar-refractivity contribution in [2.45, 2.75) is 19.4 Å². The predicted molar refractivity (Wildman–Crippen MR) is 97.0 cm³/mol. The van der Waals surface area contributed by atoms with E-state index >= 15 is 0 Å². The molecule has 1 heterocycles.